The fraction of sp³-hybridized carbons (Fsp3) is 0.294. The van der Waals surface area contributed by atoms with E-state index in [1.165, 1.54) is 0 Å². The number of hydrogen-bond acceptors (Lipinski definition) is 2. The van der Waals surface area contributed by atoms with Crippen molar-refractivity contribution in [2.75, 3.05) is 6.61 Å². The Balaban J connectivity index is 2.60. The van der Waals surface area contributed by atoms with Gasteiger partial charge in [0, 0.05) is 11.5 Å². The van der Waals surface area contributed by atoms with Gasteiger partial charge in [-0.15, -0.1) is 0 Å². The van der Waals surface area contributed by atoms with Gasteiger partial charge < -0.3 is 10.2 Å². The van der Waals surface area contributed by atoms with Gasteiger partial charge >= 0.3 is 0 Å². The quantitative estimate of drug-likeness (QED) is 0.883. The minimum Gasteiger partial charge on any atom is -0.507 e. The Morgan fingerprint density at radius 2 is 1.63 bits per heavy atom. The van der Waals surface area contributed by atoms with Gasteiger partial charge in [-0.05, 0) is 43.0 Å². The molecule has 0 spiro atoms. The maximum atomic E-state index is 10.4. The zero-order chi connectivity index (χ0) is 14.0. The third-order valence-corrected chi connectivity index (χ3v) is 3.79. The van der Waals surface area contributed by atoms with Crippen LogP contribution in [0.4, 0.5) is 0 Å². The van der Waals surface area contributed by atoms with Crippen molar-refractivity contribution in [2.45, 2.75) is 26.7 Å². The Bertz CT molecular complexity index is 574. The summed E-state index contributed by atoms with van der Waals surface area (Å²) in [5.74, 6) is 0.126. The lowest BCUT2D eigenvalue weighted by atomic mass is 9.86. The van der Waals surface area contributed by atoms with Crippen molar-refractivity contribution in [3.63, 3.8) is 0 Å². The van der Waals surface area contributed by atoms with Crippen molar-refractivity contribution in [3.05, 3.63) is 64.2 Å². The number of hydrogen-bond donors (Lipinski definition) is 2. The third kappa shape index (κ3) is 2.49. The maximum Gasteiger partial charge on any atom is 0.122 e. The van der Waals surface area contributed by atoms with Gasteiger partial charge in [-0.1, -0.05) is 36.4 Å². The van der Waals surface area contributed by atoms with Crippen LogP contribution in [0.25, 0.3) is 0 Å². The van der Waals surface area contributed by atoms with Crippen molar-refractivity contribution >= 4 is 0 Å². The van der Waals surface area contributed by atoms with E-state index in [0.717, 1.165) is 27.8 Å². The molecule has 0 aromatic heterocycles. The molecule has 2 aromatic rings. The number of aromatic hydroxyl groups is 1. The largest absolute Gasteiger partial charge is 0.507 e. The molecule has 0 aliphatic heterocycles. The summed E-state index contributed by atoms with van der Waals surface area (Å²) in [5, 5.41) is 20.1. The SMILES string of the molecule is Cc1cc(C)c([C@@H](CO)c2ccccc2)c(O)c1C. The van der Waals surface area contributed by atoms with Gasteiger partial charge in [-0.2, -0.15) is 0 Å². The minimum absolute atomic E-state index is 0.0130. The normalized spacial score (nSPS) is 12.4. The highest BCUT2D eigenvalue weighted by Gasteiger charge is 2.21. The lowest BCUT2D eigenvalue weighted by Crippen LogP contribution is -2.09. The van der Waals surface area contributed by atoms with Crippen LogP contribution in [0.15, 0.2) is 36.4 Å². The molecule has 0 fully saturated rings. The van der Waals surface area contributed by atoms with E-state index in [-0.39, 0.29) is 12.5 Å². The number of rotatable bonds is 3. The molecule has 0 unspecified atom stereocenters. The monoisotopic (exact) mass is 256 g/mol. The summed E-state index contributed by atoms with van der Waals surface area (Å²) < 4.78 is 0. The van der Waals surface area contributed by atoms with Crippen LogP contribution in [0, 0.1) is 20.8 Å². The zero-order valence-corrected chi connectivity index (χ0v) is 11.6. The molecule has 0 aliphatic rings. The second-order valence-electron chi connectivity index (χ2n) is 5.04. The van der Waals surface area contributed by atoms with Gasteiger partial charge in [0.1, 0.15) is 5.75 Å². The molecule has 2 rings (SSSR count). The molecule has 2 heteroatoms. The van der Waals surface area contributed by atoms with Crippen LogP contribution in [0.1, 0.15) is 33.7 Å². The zero-order valence-electron chi connectivity index (χ0n) is 11.6. The first-order valence-electron chi connectivity index (χ1n) is 6.51. The minimum atomic E-state index is -0.180. The van der Waals surface area contributed by atoms with E-state index < -0.39 is 0 Å². The fourth-order valence-corrected chi connectivity index (χ4v) is 2.57. The summed E-state index contributed by atoms with van der Waals surface area (Å²) in [4.78, 5) is 0. The molecule has 0 amide bonds. The van der Waals surface area contributed by atoms with Crippen molar-refractivity contribution in [3.8, 4) is 5.75 Å². The average Bonchev–Trinajstić information content (AvgIpc) is 2.42. The number of aliphatic hydroxyl groups is 1. The molecular formula is C17H20O2. The highest BCUT2D eigenvalue weighted by Crippen LogP contribution is 2.37. The van der Waals surface area contributed by atoms with Gasteiger partial charge in [0.25, 0.3) is 0 Å². The number of aryl methyl sites for hydroxylation is 2. The molecule has 0 heterocycles. The molecule has 0 saturated carbocycles. The van der Waals surface area contributed by atoms with Gasteiger partial charge in [0.15, 0.2) is 0 Å². The van der Waals surface area contributed by atoms with Gasteiger partial charge in [0.2, 0.25) is 0 Å². The van der Waals surface area contributed by atoms with Crippen molar-refractivity contribution < 1.29 is 10.2 Å². The van der Waals surface area contributed by atoms with E-state index in [4.69, 9.17) is 0 Å². The van der Waals surface area contributed by atoms with E-state index >= 15 is 0 Å². The predicted octanol–water partition coefficient (Wildman–Crippen LogP) is 3.44. The fourth-order valence-electron chi connectivity index (χ4n) is 2.57. The topological polar surface area (TPSA) is 40.5 Å². The van der Waals surface area contributed by atoms with Gasteiger partial charge in [-0.25, -0.2) is 0 Å². The summed E-state index contributed by atoms with van der Waals surface area (Å²) in [6.07, 6.45) is 0. The Kier molecular flexibility index (Phi) is 3.91. The van der Waals surface area contributed by atoms with Crippen LogP contribution in [-0.4, -0.2) is 16.8 Å². The van der Waals surface area contributed by atoms with E-state index in [2.05, 4.69) is 6.07 Å². The molecule has 0 bridgehead atoms. The number of phenolic OH excluding ortho intramolecular Hbond substituents is 1. The third-order valence-electron chi connectivity index (χ3n) is 3.79. The van der Waals surface area contributed by atoms with E-state index in [1.54, 1.807) is 0 Å². The Morgan fingerprint density at radius 1 is 1.00 bits per heavy atom. The molecule has 0 radical (unpaired) electrons. The molecule has 0 saturated heterocycles. The lowest BCUT2D eigenvalue weighted by Gasteiger charge is -2.21. The summed E-state index contributed by atoms with van der Waals surface area (Å²) >= 11 is 0. The molecule has 19 heavy (non-hydrogen) atoms. The number of benzene rings is 2. The number of aliphatic hydroxyl groups excluding tert-OH is 1. The van der Waals surface area contributed by atoms with Crippen LogP contribution in [-0.2, 0) is 0 Å². The van der Waals surface area contributed by atoms with Gasteiger partial charge in [0.05, 0.1) is 6.61 Å². The van der Waals surface area contributed by atoms with Gasteiger partial charge in [-0.3, -0.25) is 0 Å². The molecule has 2 nitrogen and oxygen atoms in total. The summed E-state index contributed by atoms with van der Waals surface area (Å²) in [7, 11) is 0. The van der Waals surface area contributed by atoms with Crippen LogP contribution < -0.4 is 0 Å². The molecule has 1 atom stereocenters. The first-order valence-corrected chi connectivity index (χ1v) is 6.51. The Hall–Kier alpha value is -1.80. The highest BCUT2D eigenvalue weighted by atomic mass is 16.3. The lowest BCUT2D eigenvalue weighted by molar-refractivity contribution is 0.277. The first kappa shape index (κ1) is 13.6. The molecule has 100 valence electrons. The van der Waals surface area contributed by atoms with E-state index in [0.29, 0.717) is 5.75 Å². The smallest absolute Gasteiger partial charge is 0.122 e. The molecular weight excluding hydrogens is 236 g/mol. The van der Waals surface area contributed by atoms with Crippen LogP contribution in [0.2, 0.25) is 0 Å². The second kappa shape index (κ2) is 5.45. The highest BCUT2D eigenvalue weighted by molar-refractivity contribution is 5.53. The van der Waals surface area contributed by atoms with E-state index in [1.807, 2.05) is 51.1 Å². The Morgan fingerprint density at radius 3 is 2.21 bits per heavy atom. The van der Waals surface area contributed by atoms with Crippen molar-refractivity contribution in [1.29, 1.82) is 0 Å². The Labute approximate surface area is 114 Å². The molecule has 2 aromatic carbocycles. The summed E-state index contributed by atoms with van der Waals surface area (Å²) in [6.45, 7) is 5.86. The van der Waals surface area contributed by atoms with Crippen LogP contribution >= 0.6 is 0 Å². The summed E-state index contributed by atoms with van der Waals surface area (Å²) in [5.41, 5.74) is 4.82. The summed E-state index contributed by atoms with van der Waals surface area (Å²) in [6, 6.07) is 11.9. The standard InChI is InChI=1S/C17H20O2/c1-11-9-12(2)16(17(19)13(11)3)15(10-18)14-7-5-4-6-8-14/h4-9,15,18-19H,10H2,1-3H3/t15-/m0/s1. The van der Waals surface area contributed by atoms with Crippen molar-refractivity contribution in [2.24, 2.45) is 0 Å². The maximum absolute atomic E-state index is 10.4. The first-order chi connectivity index (χ1) is 9.06. The molecule has 0 aliphatic carbocycles. The van der Waals surface area contributed by atoms with Crippen LogP contribution in [0.5, 0.6) is 5.75 Å². The predicted molar refractivity (Wildman–Crippen MR) is 77.7 cm³/mol. The van der Waals surface area contributed by atoms with E-state index in [9.17, 15) is 10.2 Å². The number of phenols is 1. The van der Waals surface area contributed by atoms with Crippen LogP contribution in [0.3, 0.4) is 0 Å². The van der Waals surface area contributed by atoms with Crippen molar-refractivity contribution in [1.82, 2.24) is 0 Å². The molecule has 2 N–H and O–H groups in total. The second-order valence-corrected chi connectivity index (χ2v) is 5.04. The average molecular weight is 256 g/mol.